The Labute approximate surface area is 97.5 Å². The van der Waals surface area contributed by atoms with Crippen LogP contribution in [-0.4, -0.2) is 0 Å². The molecule has 1 aliphatic carbocycles. The first-order chi connectivity index (χ1) is 7.83. The first-order valence-corrected chi connectivity index (χ1v) is 6.33. The number of rotatable bonds is 3. The molecule has 0 saturated carbocycles. The van der Waals surface area contributed by atoms with E-state index in [0.717, 1.165) is 18.6 Å². The molecule has 1 aliphatic rings. The molecule has 88 valence electrons. The zero-order valence-electron chi connectivity index (χ0n) is 10.0. The van der Waals surface area contributed by atoms with Crippen molar-refractivity contribution in [2.45, 2.75) is 51.5 Å². The molecule has 0 amide bonds. The Morgan fingerprint density at radius 3 is 3.06 bits per heavy atom. The maximum Gasteiger partial charge on any atom is 0.108 e. The zero-order valence-corrected chi connectivity index (χ0v) is 10.0. The third-order valence-electron chi connectivity index (χ3n) is 3.41. The van der Waals surface area contributed by atoms with E-state index in [9.17, 15) is 0 Å². The third kappa shape index (κ3) is 2.38. The highest BCUT2D eigenvalue weighted by Crippen LogP contribution is 2.29. The SMILES string of the molecule is CCc1occc1C(N)C1=CCCCCC1. The Morgan fingerprint density at radius 1 is 1.38 bits per heavy atom. The van der Waals surface area contributed by atoms with Crippen molar-refractivity contribution >= 4 is 0 Å². The Bertz CT molecular complexity index is 365. The summed E-state index contributed by atoms with van der Waals surface area (Å²) in [5, 5.41) is 0. The molecule has 2 heteroatoms. The summed E-state index contributed by atoms with van der Waals surface area (Å²) in [6, 6.07) is 2.07. The predicted octanol–water partition coefficient (Wildman–Crippen LogP) is 3.73. The molecule has 0 radical (unpaired) electrons. The Kier molecular flexibility index (Phi) is 3.83. The van der Waals surface area contributed by atoms with Crippen molar-refractivity contribution in [3.63, 3.8) is 0 Å². The lowest BCUT2D eigenvalue weighted by atomic mass is 9.95. The van der Waals surface area contributed by atoms with Gasteiger partial charge in [0.1, 0.15) is 5.76 Å². The van der Waals surface area contributed by atoms with Gasteiger partial charge in [-0.25, -0.2) is 0 Å². The number of nitrogens with two attached hydrogens (primary N) is 1. The number of hydrogen-bond donors (Lipinski definition) is 1. The molecule has 2 nitrogen and oxygen atoms in total. The van der Waals surface area contributed by atoms with Crippen molar-refractivity contribution < 1.29 is 4.42 Å². The molecule has 1 heterocycles. The van der Waals surface area contributed by atoms with Crippen LogP contribution in [0.3, 0.4) is 0 Å². The van der Waals surface area contributed by atoms with Crippen LogP contribution in [0.4, 0.5) is 0 Å². The topological polar surface area (TPSA) is 39.2 Å². The van der Waals surface area contributed by atoms with E-state index in [2.05, 4.69) is 13.0 Å². The first kappa shape index (κ1) is 11.5. The van der Waals surface area contributed by atoms with Gasteiger partial charge in [-0.1, -0.05) is 25.0 Å². The highest BCUT2D eigenvalue weighted by Gasteiger charge is 2.17. The van der Waals surface area contributed by atoms with Gasteiger partial charge in [0.15, 0.2) is 0 Å². The van der Waals surface area contributed by atoms with E-state index in [1.54, 1.807) is 6.26 Å². The minimum atomic E-state index is 0.0480. The largest absolute Gasteiger partial charge is 0.469 e. The molecule has 0 aliphatic heterocycles. The Morgan fingerprint density at radius 2 is 2.25 bits per heavy atom. The van der Waals surface area contributed by atoms with Crippen molar-refractivity contribution in [3.05, 3.63) is 35.3 Å². The van der Waals surface area contributed by atoms with Crippen LogP contribution in [0.2, 0.25) is 0 Å². The molecule has 2 N–H and O–H groups in total. The molecule has 0 saturated heterocycles. The van der Waals surface area contributed by atoms with Crippen molar-refractivity contribution in [2.24, 2.45) is 5.73 Å². The number of furan rings is 1. The van der Waals surface area contributed by atoms with Crippen LogP contribution in [0.1, 0.15) is 56.4 Å². The summed E-state index contributed by atoms with van der Waals surface area (Å²) < 4.78 is 5.45. The second kappa shape index (κ2) is 5.35. The van der Waals surface area contributed by atoms with E-state index in [1.165, 1.54) is 36.8 Å². The Balaban J connectivity index is 2.17. The van der Waals surface area contributed by atoms with Gasteiger partial charge in [-0.05, 0) is 31.7 Å². The molecule has 16 heavy (non-hydrogen) atoms. The molecule has 0 fully saturated rings. The summed E-state index contributed by atoms with van der Waals surface area (Å²) >= 11 is 0. The quantitative estimate of drug-likeness (QED) is 0.787. The number of hydrogen-bond acceptors (Lipinski definition) is 2. The zero-order chi connectivity index (χ0) is 11.4. The van der Waals surface area contributed by atoms with Gasteiger partial charge in [0.05, 0.1) is 12.3 Å². The molecule has 0 spiro atoms. The lowest BCUT2D eigenvalue weighted by Crippen LogP contribution is -2.14. The van der Waals surface area contributed by atoms with E-state index in [1.807, 2.05) is 6.07 Å². The lowest BCUT2D eigenvalue weighted by Gasteiger charge is -2.15. The fourth-order valence-corrected chi connectivity index (χ4v) is 2.44. The van der Waals surface area contributed by atoms with Gasteiger partial charge in [0.2, 0.25) is 0 Å². The second-order valence-corrected chi connectivity index (χ2v) is 4.51. The van der Waals surface area contributed by atoms with Gasteiger partial charge in [0.25, 0.3) is 0 Å². The molecular weight excluding hydrogens is 198 g/mol. The highest BCUT2D eigenvalue weighted by molar-refractivity contribution is 5.30. The van der Waals surface area contributed by atoms with Crippen LogP contribution >= 0.6 is 0 Å². The van der Waals surface area contributed by atoms with Crippen molar-refractivity contribution in [1.82, 2.24) is 0 Å². The van der Waals surface area contributed by atoms with Gasteiger partial charge in [-0.15, -0.1) is 0 Å². The van der Waals surface area contributed by atoms with Crippen LogP contribution in [0.5, 0.6) is 0 Å². The fraction of sp³-hybridized carbons (Fsp3) is 0.571. The normalized spacial score (nSPS) is 19.0. The summed E-state index contributed by atoms with van der Waals surface area (Å²) in [5.74, 6) is 1.04. The third-order valence-corrected chi connectivity index (χ3v) is 3.41. The van der Waals surface area contributed by atoms with E-state index >= 15 is 0 Å². The van der Waals surface area contributed by atoms with Crippen LogP contribution in [0.25, 0.3) is 0 Å². The van der Waals surface area contributed by atoms with E-state index in [0.29, 0.717) is 0 Å². The summed E-state index contributed by atoms with van der Waals surface area (Å²) in [7, 11) is 0. The smallest absolute Gasteiger partial charge is 0.108 e. The second-order valence-electron chi connectivity index (χ2n) is 4.51. The molecule has 1 unspecified atom stereocenters. The van der Waals surface area contributed by atoms with Crippen molar-refractivity contribution in [2.75, 3.05) is 0 Å². The average molecular weight is 219 g/mol. The van der Waals surface area contributed by atoms with Gasteiger partial charge in [-0.3, -0.25) is 0 Å². The molecule has 0 aromatic carbocycles. The van der Waals surface area contributed by atoms with E-state index in [-0.39, 0.29) is 6.04 Å². The summed E-state index contributed by atoms with van der Waals surface area (Å²) in [5.41, 5.74) is 8.91. The molecule has 0 bridgehead atoms. The minimum Gasteiger partial charge on any atom is -0.469 e. The molecule has 1 aromatic rings. The average Bonchev–Trinajstić information content (AvgIpc) is 2.61. The number of allylic oxidation sites excluding steroid dienone is 1. The van der Waals surface area contributed by atoms with Crippen LogP contribution in [0.15, 0.2) is 28.4 Å². The first-order valence-electron chi connectivity index (χ1n) is 6.33. The fourth-order valence-electron chi connectivity index (χ4n) is 2.44. The maximum absolute atomic E-state index is 6.33. The van der Waals surface area contributed by atoms with Crippen molar-refractivity contribution in [1.29, 1.82) is 0 Å². The van der Waals surface area contributed by atoms with Crippen molar-refractivity contribution in [3.8, 4) is 0 Å². The molecule has 1 atom stereocenters. The van der Waals surface area contributed by atoms with Gasteiger partial charge in [-0.2, -0.15) is 0 Å². The van der Waals surface area contributed by atoms with E-state index in [4.69, 9.17) is 10.2 Å². The molecular formula is C14H21NO. The minimum absolute atomic E-state index is 0.0480. The lowest BCUT2D eigenvalue weighted by molar-refractivity contribution is 0.508. The van der Waals surface area contributed by atoms with Gasteiger partial charge < -0.3 is 10.2 Å². The van der Waals surface area contributed by atoms with E-state index < -0.39 is 0 Å². The predicted molar refractivity (Wildman–Crippen MR) is 66.2 cm³/mol. The van der Waals surface area contributed by atoms with Gasteiger partial charge in [0, 0.05) is 12.0 Å². The van der Waals surface area contributed by atoms with Gasteiger partial charge >= 0.3 is 0 Å². The van der Waals surface area contributed by atoms with Crippen LogP contribution in [0, 0.1) is 0 Å². The summed E-state index contributed by atoms with van der Waals surface area (Å²) in [4.78, 5) is 0. The summed E-state index contributed by atoms with van der Waals surface area (Å²) in [6.07, 6.45) is 11.3. The van der Waals surface area contributed by atoms with Crippen LogP contribution in [-0.2, 0) is 6.42 Å². The monoisotopic (exact) mass is 219 g/mol. The number of aryl methyl sites for hydroxylation is 1. The highest BCUT2D eigenvalue weighted by atomic mass is 16.3. The van der Waals surface area contributed by atoms with Crippen LogP contribution < -0.4 is 5.73 Å². The summed E-state index contributed by atoms with van der Waals surface area (Å²) in [6.45, 7) is 2.11. The Hall–Kier alpha value is -1.02. The molecule has 1 aromatic heterocycles. The maximum atomic E-state index is 6.33. The molecule has 2 rings (SSSR count). The standard InChI is InChI=1S/C14H21NO/c1-2-13-12(9-10-16-13)14(15)11-7-5-3-4-6-8-11/h7,9-10,14H,2-6,8,15H2,1H3.